The van der Waals surface area contributed by atoms with E-state index in [4.69, 9.17) is 34.8 Å². The molecule has 0 saturated carbocycles. The van der Waals surface area contributed by atoms with Crippen molar-refractivity contribution in [2.45, 2.75) is 5.60 Å². The third kappa shape index (κ3) is 1.98. The minimum absolute atomic E-state index is 0.0331. The van der Waals surface area contributed by atoms with Gasteiger partial charge in [-0.1, -0.05) is 34.8 Å². The van der Waals surface area contributed by atoms with Gasteiger partial charge < -0.3 is 10.2 Å². The van der Waals surface area contributed by atoms with Crippen LogP contribution in [0, 0.1) is 0 Å². The van der Waals surface area contributed by atoms with Gasteiger partial charge in [-0.05, 0) is 30.3 Å². The number of hydrogen-bond acceptors (Lipinski definition) is 4. The van der Waals surface area contributed by atoms with E-state index in [9.17, 15) is 20.2 Å². The van der Waals surface area contributed by atoms with Crippen molar-refractivity contribution >= 4 is 46.4 Å². The van der Waals surface area contributed by atoms with Crippen molar-refractivity contribution in [1.82, 2.24) is 0 Å². The van der Waals surface area contributed by atoms with Crippen LogP contribution in [0.4, 0.5) is 5.69 Å². The van der Waals surface area contributed by atoms with E-state index < -0.39 is 11.5 Å². The zero-order chi connectivity index (χ0) is 16.2. The largest absolute Gasteiger partial charge is 0.508 e. The number of aliphatic hydroxyl groups is 1. The summed E-state index contributed by atoms with van der Waals surface area (Å²) in [5.74, 6) is -1.46. The zero-order valence-electron chi connectivity index (χ0n) is 10.7. The number of phenolic OH excluding ortho intramolecular Hbond substituents is 1. The molecule has 0 fully saturated rings. The van der Waals surface area contributed by atoms with E-state index in [2.05, 4.69) is 0 Å². The standard InChI is InChI=1S/C14H8Cl3NO4/c15-6-1-2-11(19)8(3-6)14(21)12-9(17)4-7(16)5-10(12)18(22)13(14)20/h1-5,19,21-22H. The number of rotatable bonds is 1. The predicted octanol–water partition coefficient (Wildman–Crippen LogP) is 3.32. The number of amides is 1. The molecule has 0 spiro atoms. The van der Waals surface area contributed by atoms with Crippen molar-refractivity contribution < 1.29 is 20.2 Å². The molecule has 0 bridgehead atoms. The summed E-state index contributed by atoms with van der Waals surface area (Å²) in [6.45, 7) is 0. The van der Waals surface area contributed by atoms with Crippen molar-refractivity contribution in [3.05, 3.63) is 56.5 Å². The number of hydrogen-bond donors (Lipinski definition) is 3. The number of phenols is 1. The Kier molecular flexibility index (Phi) is 3.51. The van der Waals surface area contributed by atoms with Gasteiger partial charge in [0.05, 0.1) is 10.7 Å². The van der Waals surface area contributed by atoms with Crippen LogP contribution < -0.4 is 5.06 Å². The molecule has 1 atom stereocenters. The highest BCUT2D eigenvalue weighted by Crippen LogP contribution is 2.50. The van der Waals surface area contributed by atoms with E-state index in [1.54, 1.807) is 0 Å². The van der Waals surface area contributed by atoms with Gasteiger partial charge >= 0.3 is 0 Å². The number of nitrogens with zero attached hydrogens (tertiary/aromatic N) is 1. The van der Waals surface area contributed by atoms with Crippen LogP contribution in [0.5, 0.6) is 5.75 Å². The molecule has 1 aliphatic rings. The fraction of sp³-hybridized carbons (Fsp3) is 0.0714. The predicted molar refractivity (Wildman–Crippen MR) is 81.9 cm³/mol. The average Bonchev–Trinajstić information content (AvgIpc) is 2.64. The highest BCUT2D eigenvalue weighted by atomic mass is 35.5. The van der Waals surface area contributed by atoms with Gasteiger partial charge in [0.1, 0.15) is 5.75 Å². The minimum Gasteiger partial charge on any atom is -0.508 e. The molecule has 8 heteroatoms. The van der Waals surface area contributed by atoms with E-state index in [1.165, 1.54) is 30.3 Å². The lowest BCUT2D eigenvalue weighted by Gasteiger charge is -2.23. The Morgan fingerprint density at radius 1 is 1.05 bits per heavy atom. The van der Waals surface area contributed by atoms with E-state index >= 15 is 0 Å². The normalized spacial score (nSPS) is 20.4. The van der Waals surface area contributed by atoms with Crippen molar-refractivity contribution in [1.29, 1.82) is 0 Å². The summed E-state index contributed by atoms with van der Waals surface area (Å²) in [6.07, 6.45) is 0. The summed E-state index contributed by atoms with van der Waals surface area (Å²) in [5.41, 5.74) is -2.71. The van der Waals surface area contributed by atoms with Crippen molar-refractivity contribution in [2.75, 3.05) is 5.06 Å². The van der Waals surface area contributed by atoms with Crippen LogP contribution in [0.2, 0.25) is 15.1 Å². The zero-order valence-corrected chi connectivity index (χ0v) is 13.0. The molecule has 0 aliphatic carbocycles. The van der Waals surface area contributed by atoms with Crippen LogP contribution in [-0.2, 0) is 10.4 Å². The lowest BCUT2D eigenvalue weighted by Crippen LogP contribution is -2.39. The van der Waals surface area contributed by atoms with Gasteiger partial charge in [0.15, 0.2) is 0 Å². The lowest BCUT2D eigenvalue weighted by atomic mass is 9.87. The molecule has 0 radical (unpaired) electrons. The van der Waals surface area contributed by atoms with Gasteiger partial charge in [-0.3, -0.25) is 10.0 Å². The maximum Gasteiger partial charge on any atom is 0.292 e. The van der Waals surface area contributed by atoms with Gasteiger partial charge in [0, 0.05) is 21.2 Å². The summed E-state index contributed by atoms with van der Waals surface area (Å²) < 4.78 is 0. The summed E-state index contributed by atoms with van der Waals surface area (Å²) in [7, 11) is 0. The van der Waals surface area contributed by atoms with Crippen LogP contribution in [0.1, 0.15) is 11.1 Å². The quantitative estimate of drug-likeness (QED) is 0.682. The summed E-state index contributed by atoms with van der Waals surface area (Å²) >= 11 is 17.8. The molecule has 2 aromatic carbocycles. The molecule has 1 aliphatic heterocycles. The van der Waals surface area contributed by atoms with Crippen LogP contribution >= 0.6 is 34.8 Å². The molecule has 22 heavy (non-hydrogen) atoms. The minimum atomic E-state index is -2.37. The van der Waals surface area contributed by atoms with Gasteiger partial charge in [-0.2, -0.15) is 5.06 Å². The van der Waals surface area contributed by atoms with Gasteiger partial charge in [-0.25, -0.2) is 0 Å². The fourth-order valence-corrected chi connectivity index (χ4v) is 3.29. The molecule has 2 aromatic rings. The first kappa shape index (κ1) is 15.4. The second-order valence-electron chi connectivity index (χ2n) is 4.77. The Hall–Kier alpha value is -1.50. The van der Waals surface area contributed by atoms with E-state index in [1.807, 2.05) is 0 Å². The first-order chi connectivity index (χ1) is 10.3. The van der Waals surface area contributed by atoms with Gasteiger partial charge in [0.2, 0.25) is 5.60 Å². The molecule has 114 valence electrons. The maximum absolute atomic E-state index is 12.4. The molecule has 0 saturated heterocycles. The molecular formula is C14H8Cl3NO4. The van der Waals surface area contributed by atoms with Crippen molar-refractivity contribution in [3.8, 4) is 5.75 Å². The summed E-state index contributed by atoms with van der Waals surface area (Å²) in [6, 6.07) is 6.45. The third-order valence-electron chi connectivity index (χ3n) is 3.47. The Bertz CT molecular complexity index is 811. The number of benzene rings is 2. The molecule has 1 amide bonds. The highest BCUT2D eigenvalue weighted by molar-refractivity contribution is 6.37. The summed E-state index contributed by atoms with van der Waals surface area (Å²) in [5, 5.41) is 31.5. The van der Waals surface area contributed by atoms with Gasteiger partial charge in [-0.15, -0.1) is 0 Å². The number of carbonyl (C=O) groups excluding carboxylic acids is 1. The van der Waals surface area contributed by atoms with E-state index in [0.29, 0.717) is 0 Å². The Morgan fingerprint density at radius 2 is 1.73 bits per heavy atom. The molecule has 1 heterocycles. The van der Waals surface area contributed by atoms with Crippen LogP contribution in [-0.4, -0.2) is 21.3 Å². The Labute approximate surface area is 139 Å². The van der Waals surface area contributed by atoms with Crippen LogP contribution in [0.3, 0.4) is 0 Å². The third-order valence-corrected chi connectivity index (χ3v) is 4.23. The molecule has 1 unspecified atom stereocenters. The molecule has 5 nitrogen and oxygen atoms in total. The monoisotopic (exact) mass is 359 g/mol. The molecule has 0 aromatic heterocycles. The molecular weight excluding hydrogens is 353 g/mol. The number of anilines is 1. The maximum atomic E-state index is 12.4. The number of fused-ring (bicyclic) bond motifs is 1. The Balaban J connectivity index is 2.37. The van der Waals surface area contributed by atoms with Crippen LogP contribution in [0.15, 0.2) is 30.3 Å². The number of halogens is 3. The summed E-state index contributed by atoms with van der Waals surface area (Å²) in [4.78, 5) is 12.4. The van der Waals surface area contributed by atoms with Crippen molar-refractivity contribution in [3.63, 3.8) is 0 Å². The second-order valence-corrected chi connectivity index (χ2v) is 6.05. The number of hydroxylamine groups is 1. The smallest absolute Gasteiger partial charge is 0.292 e. The SMILES string of the molecule is O=C1N(O)c2cc(Cl)cc(Cl)c2C1(O)c1cc(Cl)ccc1O. The first-order valence-electron chi connectivity index (χ1n) is 6.01. The topological polar surface area (TPSA) is 81.0 Å². The number of carbonyl (C=O) groups is 1. The van der Waals surface area contributed by atoms with Crippen molar-refractivity contribution in [2.24, 2.45) is 0 Å². The first-order valence-corrected chi connectivity index (χ1v) is 7.14. The van der Waals surface area contributed by atoms with Gasteiger partial charge in [0.25, 0.3) is 5.91 Å². The van der Waals surface area contributed by atoms with E-state index in [0.717, 1.165) is 0 Å². The second kappa shape index (κ2) is 5.01. The Morgan fingerprint density at radius 3 is 2.41 bits per heavy atom. The molecule has 3 N–H and O–H groups in total. The lowest BCUT2D eigenvalue weighted by molar-refractivity contribution is -0.137. The van der Waals surface area contributed by atoms with E-state index in [-0.39, 0.29) is 42.7 Å². The molecule has 3 rings (SSSR count). The number of aromatic hydroxyl groups is 1. The fourth-order valence-electron chi connectivity index (χ4n) is 2.50. The van der Waals surface area contributed by atoms with Crippen LogP contribution in [0.25, 0.3) is 0 Å². The average molecular weight is 361 g/mol. The highest BCUT2D eigenvalue weighted by Gasteiger charge is 2.54.